The van der Waals surface area contributed by atoms with Crippen molar-refractivity contribution in [2.75, 3.05) is 5.32 Å². The van der Waals surface area contributed by atoms with Crippen LogP contribution in [0.1, 0.15) is 17.5 Å². The Labute approximate surface area is 143 Å². The van der Waals surface area contributed by atoms with Crippen LogP contribution in [0.15, 0.2) is 42.7 Å². The van der Waals surface area contributed by atoms with Crippen molar-refractivity contribution in [2.45, 2.75) is 19.8 Å². The second-order valence-corrected chi connectivity index (χ2v) is 5.59. The van der Waals surface area contributed by atoms with Crippen LogP contribution in [0.25, 0.3) is 11.3 Å². The van der Waals surface area contributed by atoms with Gasteiger partial charge in [0.1, 0.15) is 17.5 Å². The molecule has 25 heavy (non-hydrogen) atoms. The molecule has 0 aliphatic carbocycles. The molecule has 1 aromatic carbocycles. The third-order valence-corrected chi connectivity index (χ3v) is 3.86. The summed E-state index contributed by atoms with van der Waals surface area (Å²) in [6.45, 7) is 1.84. The summed E-state index contributed by atoms with van der Waals surface area (Å²) in [4.78, 5) is 16.1. The second kappa shape index (κ2) is 7.21. The first-order valence-corrected chi connectivity index (χ1v) is 7.73. The van der Waals surface area contributed by atoms with E-state index in [0.29, 0.717) is 11.4 Å². The largest absolute Gasteiger partial charge is 0.311 e. The molecule has 0 saturated heterocycles. The molecule has 0 fully saturated rings. The third kappa shape index (κ3) is 3.88. The predicted molar refractivity (Wildman–Crippen MR) is 89.9 cm³/mol. The Morgan fingerprint density at radius 1 is 1.20 bits per heavy atom. The van der Waals surface area contributed by atoms with Crippen LogP contribution in [0.3, 0.4) is 0 Å². The van der Waals surface area contributed by atoms with Gasteiger partial charge in [-0.25, -0.2) is 8.78 Å². The number of nitrogens with one attached hydrogen (secondary N) is 2. The van der Waals surface area contributed by atoms with Crippen molar-refractivity contribution in [3.8, 4) is 11.3 Å². The molecule has 0 radical (unpaired) electrons. The Morgan fingerprint density at radius 3 is 2.68 bits per heavy atom. The van der Waals surface area contributed by atoms with Gasteiger partial charge < -0.3 is 5.32 Å². The third-order valence-electron chi connectivity index (χ3n) is 3.86. The number of hydrogen-bond acceptors (Lipinski definition) is 3. The van der Waals surface area contributed by atoms with Gasteiger partial charge in [-0.05, 0) is 37.1 Å². The lowest BCUT2D eigenvalue weighted by Gasteiger charge is -2.05. The molecular formula is C18H16F2N4O. The molecule has 0 aliphatic heterocycles. The fourth-order valence-corrected chi connectivity index (χ4v) is 2.48. The number of aryl methyl sites for hydroxylation is 1. The average Bonchev–Trinajstić information content (AvgIpc) is 2.95. The van der Waals surface area contributed by atoms with Gasteiger partial charge in [0.15, 0.2) is 0 Å². The average molecular weight is 342 g/mol. The van der Waals surface area contributed by atoms with Gasteiger partial charge in [-0.1, -0.05) is 6.07 Å². The number of carbonyl (C=O) groups is 1. The SMILES string of the molecule is Cc1c(-c2ccncc2)n[nH]c1NC(=O)CCc1ccc(F)cc1F. The lowest BCUT2D eigenvalue weighted by molar-refractivity contribution is -0.116. The van der Waals surface area contributed by atoms with Crippen LogP contribution in [0.5, 0.6) is 0 Å². The fourth-order valence-electron chi connectivity index (χ4n) is 2.48. The number of anilines is 1. The number of hydrogen-bond donors (Lipinski definition) is 2. The lowest BCUT2D eigenvalue weighted by atomic mass is 10.1. The van der Waals surface area contributed by atoms with E-state index in [4.69, 9.17) is 0 Å². The number of H-pyrrole nitrogens is 1. The van der Waals surface area contributed by atoms with Gasteiger partial charge in [-0.2, -0.15) is 5.10 Å². The molecule has 2 heterocycles. The van der Waals surface area contributed by atoms with E-state index in [1.807, 2.05) is 19.1 Å². The first kappa shape index (κ1) is 16.8. The summed E-state index contributed by atoms with van der Waals surface area (Å²) in [6.07, 6.45) is 3.59. The van der Waals surface area contributed by atoms with E-state index in [9.17, 15) is 13.6 Å². The molecule has 0 aliphatic rings. The zero-order valence-corrected chi connectivity index (χ0v) is 13.5. The molecule has 0 atom stereocenters. The van der Waals surface area contributed by atoms with Crippen LogP contribution in [-0.2, 0) is 11.2 Å². The molecule has 2 aromatic heterocycles. The summed E-state index contributed by atoms with van der Waals surface area (Å²) < 4.78 is 26.5. The van der Waals surface area contributed by atoms with E-state index in [-0.39, 0.29) is 18.7 Å². The molecule has 128 valence electrons. The van der Waals surface area contributed by atoms with E-state index in [1.54, 1.807) is 12.4 Å². The number of halogens is 2. The van der Waals surface area contributed by atoms with Crippen LogP contribution >= 0.6 is 0 Å². The van der Waals surface area contributed by atoms with Crippen LogP contribution in [-0.4, -0.2) is 21.1 Å². The van der Waals surface area contributed by atoms with E-state index in [2.05, 4.69) is 20.5 Å². The molecule has 7 heteroatoms. The molecule has 0 bridgehead atoms. The summed E-state index contributed by atoms with van der Waals surface area (Å²) in [5, 5.41) is 9.74. The van der Waals surface area contributed by atoms with E-state index >= 15 is 0 Å². The summed E-state index contributed by atoms with van der Waals surface area (Å²) in [6, 6.07) is 6.99. The number of rotatable bonds is 5. The molecule has 2 N–H and O–H groups in total. The van der Waals surface area contributed by atoms with Gasteiger partial charge in [0.2, 0.25) is 5.91 Å². The van der Waals surface area contributed by atoms with Gasteiger partial charge in [-0.3, -0.25) is 14.9 Å². The molecule has 1 amide bonds. The summed E-state index contributed by atoms with van der Waals surface area (Å²) >= 11 is 0. The van der Waals surface area contributed by atoms with Crippen molar-refractivity contribution in [3.63, 3.8) is 0 Å². The Balaban J connectivity index is 1.65. The first-order chi connectivity index (χ1) is 12.0. The van der Waals surface area contributed by atoms with Crippen molar-refractivity contribution in [3.05, 3.63) is 65.5 Å². The molecule has 3 rings (SSSR count). The normalized spacial score (nSPS) is 10.7. The number of amides is 1. The first-order valence-electron chi connectivity index (χ1n) is 7.73. The van der Waals surface area contributed by atoms with Crippen LogP contribution < -0.4 is 5.32 Å². The summed E-state index contributed by atoms with van der Waals surface area (Å²) in [7, 11) is 0. The van der Waals surface area contributed by atoms with Crippen molar-refractivity contribution >= 4 is 11.7 Å². The zero-order chi connectivity index (χ0) is 17.8. The number of aromatic nitrogens is 3. The van der Waals surface area contributed by atoms with Gasteiger partial charge in [0.05, 0.1) is 5.69 Å². The Hall–Kier alpha value is -3.09. The van der Waals surface area contributed by atoms with Gasteiger partial charge in [-0.15, -0.1) is 0 Å². The molecule has 0 unspecified atom stereocenters. The van der Waals surface area contributed by atoms with E-state index in [0.717, 1.165) is 22.9 Å². The topological polar surface area (TPSA) is 70.7 Å². The number of carbonyl (C=O) groups excluding carboxylic acids is 1. The highest BCUT2D eigenvalue weighted by molar-refractivity contribution is 5.91. The minimum atomic E-state index is -0.648. The van der Waals surface area contributed by atoms with Gasteiger partial charge in [0.25, 0.3) is 0 Å². The van der Waals surface area contributed by atoms with Crippen LogP contribution in [0, 0.1) is 18.6 Å². The second-order valence-electron chi connectivity index (χ2n) is 5.59. The van der Waals surface area contributed by atoms with E-state index in [1.165, 1.54) is 12.1 Å². The minimum Gasteiger partial charge on any atom is -0.311 e. The number of pyridine rings is 1. The maximum atomic E-state index is 13.6. The number of benzene rings is 1. The van der Waals surface area contributed by atoms with Crippen molar-refractivity contribution in [2.24, 2.45) is 0 Å². The molecule has 0 saturated carbocycles. The monoisotopic (exact) mass is 342 g/mol. The highest BCUT2D eigenvalue weighted by atomic mass is 19.1. The van der Waals surface area contributed by atoms with Crippen LogP contribution in [0.4, 0.5) is 14.6 Å². The van der Waals surface area contributed by atoms with Gasteiger partial charge in [0, 0.05) is 36.0 Å². The minimum absolute atomic E-state index is 0.0750. The number of nitrogens with zero attached hydrogens (tertiary/aromatic N) is 2. The quantitative estimate of drug-likeness (QED) is 0.744. The molecular weight excluding hydrogens is 326 g/mol. The van der Waals surface area contributed by atoms with Crippen molar-refractivity contribution in [1.29, 1.82) is 0 Å². The maximum absolute atomic E-state index is 13.6. The summed E-state index contributed by atoms with van der Waals surface area (Å²) in [5.41, 5.74) is 2.71. The Bertz CT molecular complexity index is 893. The fraction of sp³-hybridized carbons (Fsp3) is 0.167. The highest BCUT2D eigenvalue weighted by Crippen LogP contribution is 2.25. The Morgan fingerprint density at radius 2 is 1.96 bits per heavy atom. The van der Waals surface area contributed by atoms with Crippen molar-refractivity contribution < 1.29 is 13.6 Å². The molecule has 0 spiro atoms. The smallest absolute Gasteiger partial charge is 0.225 e. The molecule has 5 nitrogen and oxygen atoms in total. The standard InChI is InChI=1S/C18H16F2N4O/c1-11-17(13-6-8-21-9-7-13)23-24-18(11)22-16(25)5-3-12-2-4-14(19)10-15(12)20/h2,4,6-10H,3,5H2,1H3,(H2,22,23,24,25). The van der Waals surface area contributed by atoms with Crippen molar-refractivity contribution in [1.82, 2.24) is 15.2 Å². The Kier molecular flexibility index (Phi) is 4.83. The number of aromatic amines is 1. The highest BCUT2D eigenvalue weighted by Gasteiger charge is 2.14. The predicted octanol–water partition coefficient (Wildman–Crippen LogP) is 3.63. The van der Waals surface area contributed by atoms with Crippen LogP contribution in [0.2, 0.25) is 0 Å². The van der Waals surface area contributed by atoms with E-state index < -0.39 is 11.6 Å². The molecule has 3 aromatic rings. The summed E-state index contributed by atoms with van der Waals surface area (Å²) in [5.74, 6) is -1.07. The maximum Gasteiger partial charge on any atom is 0.225 e. The zero-order valence-electron chi connectivity index (χ0n) is 13.5. The van der Waals surface area contributed by atoms with Gasteiger partial charge >= 0.3 is 0 Å². The lowest BCUT2D eigenvalue weighted by Crippen LogP contribution is -2.13.